The van der Waals surface area contributed by atoms with Gasteiger partial charge in [0, 0.05) is 18.5 Å². The minimum absolute atomic E-state index is 0.0511. The van der Waals surface area contributed by atoms with Gasteiger partial charge in [-0.3, -0.25) is 4.79 Å². The van der Waals surface area contributed by atoms with Crippen LogP contribution in [-0.4, -0.2) is 30.4 Å². The standard InChI is InChI=1S/C13H15N3OS/c1-2-16(8-4-7-15)13(17)11-9-12(18-10-11)5-3-6-14/h9-10H,2,4,6,8,14H2,1H3. The first-order chi connectivity index (χ1) is 8.72. The van der Waals surface area contributed by atoms with Crippen molar-refractivity contribution in [1.82, 2.24) is 4.90 Å². The van der Waals surface area contributed by atoms with E-state index in [1.807, 2.05) is 13.0 Å². The maximum atomic E-state index is 12.1. The molecule has 0 radical (unpaired) electrons. The molecule has 4 nitrogen and oxygen atoms in total. The SMILES string of the molecule is CCN(CCC#N)C(=O)c1csc(C#CCN)c1. The largest absolute Gasteiger partial charge is 0.338 e. The summed E-state index contributed by atoms with van der Waals surface area (Å²) in [6.07, 6.45) is 0.351. The molecule has 1 heterocycles. The van der Waals surface area contributed by atoms with Crippen molar-refractivity contribution in [3.05, 3.63) is 21.9 Å². The number of rotatable bonds is 4. The molecular weight excluding hydrogens is 246 g/mol. The third-order valence-electron chi connectivity index (χ3n) is 2.32. The Morgan fingerprint density at radius 1 is 1.61 bits per heavy atom. The highest BCUT2D eigenvalue weighted by molar-refractivity contribution is 7.10. The molecule has 1 amide bonds. The van der Waals surface area contributed by atoms with Crippen LogP contribution in [0.5, 0.6) is 0 Å². The van der Waals surface area contributed by atoms with Crippen LogP contribution < -0.4 is 5.73 Å². The molecule has 0 aliphatic carbocycles. The van der Waals surface area contributed by atoms with E-state index in [4.69, 9.17) is 11.0 Å². The first-order valence-electron chi connectivity index (χ1n) is 5.66. The Labute approximate surface area is 111 Å². The first kappa shape index (κ1) is 14.2. The van der Waals surface area contributed by atoms with Crippen molar-refractivity contribution in [1.29, 1.82) is 5.26 Å². The number of carbonyl (C=O) groups excluding carboxylic acids is 1. The fourth-order valence-corrected chi connectivity index (χ4v) is 2.17. The van der Waals surface area contributed by atoms with Crippen LogP contribution in [0.1, 0.15) is 28.6 Å². The highest BCUT2D eigenvalue weighted by atomic mass is 32.1. The molecule has 0 aliphatic rings. The van der Waals surface area contributed by atoms with E-state index in [9.17, 15) is 4.79 Å². The molecule has 0 spiro atoms. The lowest BCUT2D eigenvalue weighted by Crippen LogP contribution is -2.31. The van der Waals surface area contributed by atoms with Gasteiger partial charge >= 0.3 is 0 Å². The average Bonchev–Trinajstić information content (AvgIpc) is 2.85. The van der Waals surface area contributed by atoms with Crippen LogP contribution in [0.4, 0.5) is 0 Å². The minimum Gasteiger partial charge on any atom is -0.338 e. The van der Waals surface area contributed by atoms with E-state index in [-0.39, 0.29) is 5.91 Å². The maximum Gasteiger partial charge on any atom is 0.254 e. The van der Waals surface area contributed by atoms with Crippen LogP contribution in [-0.2, 0) is 0 Å². The van der Waals surface area contributed by atoms with Crippen molar-refractivity contribution in [2.75, 3.05) is 19.6 Å². The Morgan fingerprint density at radius 3 is 3.00 bits per heavy atom. The molecule has 1 rings (SSSR count). The number of hydrogen-bond donors (Lipinski definition) is 1. The Hall–Kier alpha value is -1.82. The predicted molar refractivity (Wildman–Crippen MR) is 72.1 cm³/mol. The smallest absolute Gasteiger partial charge is 0.254 e. The molecule has 94 valence electrons. The third-order valence-corrected chi connectivity index (χ3v) is 3.17. The Morgan fingerprint density at radius 2 is 2.39 bits per heavy atom. The van der Waals surface area contributed by atoms with Crippen molar-refractivity contribution >= 4 is 17.2 Å². The van der Waals surface area contributed by atoms with Gasteiger partial charge < -0.3 is 10.6 Å². The number of nitrogens with zero attached hydrogens (tertiary/aromatic N) is 2. The summed E-state index contributed by atoms with van der Waals surface area (Å²) in [7, 11) is 0. The highest BCUT2D eigenvalue weighted by Gasteiger charge is 2.14. The third kappa shape index (κ3) is 3.89. The van der Waals surface area contributed by atoms with Gasteiger partial charge in [-0.25, -0.2) is 0 Å². The van der Waals surface area contributed by atoms with Gasteiger partial charge in [0.2, 0.25) is 0 Å². The summed E-state index contributed by atoms with van der Waals surface area (Å²) < 4.78 is 0. The zero-order valence-electron chi connectivity index (χ0n) is 10.3. The van der Waals surface area contributed by atoms with Gasteiger partial charge in [-0.2, -0.15) is 5.26 Å². The van der Waals surface area contributed by atoms with E-state index < -0.39 is 0 Å². The fourth-order valence-electron chi connectivity index (χ4n) is 1.42. The minimum atomic E-state index is -0.0511. The van der Waals surface area contributed by atoms with Crippen LogP contribution in [0.2, 0.25) is 0 Å². The summed E-state index contributed by atoms with van der Waals surface area (Å²) >= 11 is 1.43. The van der Waals surface area contributed by atoms with Crippen LogP contribution in [0.3, 0.4) is 0 Å². The molecule has 0 aliphatic heterocycles. The van der Waals surface area contributed by atoms with Crippen LogP contribution >= 0.6 is 11.3 Å². The molecule has 5 heteroatoms. The average molecular weight is 261 g/mol. The van der Waals surface area contributed by atoms with E-state index in [0.29, 0.717) is 31.6 Å². The molecule has 0 atom stereocenters. The van der Waals surface area contributed by atoms with Crippen molar-refractivity contribution < 1.29 is 4.79 Å². The topological polar surface area (TPSA) is 70.1 Å². The number of carbonyl (C=O) groups is 1. The van der Waals surface area contributed by atoms with Crippen LogP contribution in [0.15, 0.2) is 11.4 Å². The summed E-state index contributed by atoms with van der Waals surface area (Å²) in [6.45, 7) is 3.27. The number of nitriles is 1. The van der Waals surface area contributed by atoms with E-state index in [1.54, 1.807) is 16.3 Å². The lowest BCUT2D eigenvalue weighted by atomic mass is 10.2. The van der Waals surface area contributed by atoms with E-state index in [0.717, 1.165) is 4.88 Å². The highest BCUT2D eigenvalue weighted by Crippen LogP contribution is 2.15. The Bertz CT molecular complexity index is 504. The molecule has 0 aromatic carbocycles. The molecule has 18 heavy (non-hydrogen) atoms. The molecule has 0 unspecified atom stereocenters. The van der Waals surface area contributed by atoms with Gasteiger partial charge in [-0.05, 0) is 13.0 Å². The first-order valence-corrected chi connectivity index (χ1v) is 6.54. The molecule has 0 saturated carbocycles. The van der Waals surface area contributed by atoms with Gasteiger partial charge in [0.25, 0.3) is 5.91 Å². The zero-order valence-corrected chi connectivity index (χ0v) is 11.1. The van der Waals surface area contributed by atoms with Crippen molar-refractivity contribution in [3.63, 3.8) is 0 Å². The molecule has 0 fully saturated rings. The van der Waals surface area contributed by atoms with E-state index in [2.05, 4.69) is 11.8 Å². The molecule has 1 aromatic heterocycles. The molecule has 0 saturated heterocycles. The lowest BCUT2D eigenvalue weighted by Gasteiger charge is -2.18. The molecular formula is C13H15N3OS. The maximum absolute atomic E-state index is 12.1. The van der Waals surface area contributed by atoms with Crippen molar-refractivity contribution in [2.45, 2.75) is 13.3 Å². The summed E-state index contributed by atoms with van der Waals surface area (Å²) in [5.74, 6) is 5.60. The number of thiophene rings is 1. The van der Waals surface area contributed by atoms with Crippen LogP contribution in [0.25, 0.3) is 0 Å². The predicted octanol–water partition coefficient (Wildman–Crippen LogP) is 1.43. The molecule has 2 N–H and O–H groups in total. The van der Waals surface area contributed by atoms with Gasteiger partial charge in [0.05, 0.1) is 29.5 Å². The van der Waals surface area contributed by atoms with Gasteiger partial charge in [-0.15, -0.1) is 11.3 Å². The number of nitrogens with two attached hydrogens (primary N) is 1. The van der Waals surface area contributed by atoms with Crippen molar-refractivity contribution in [2.24, 2.45) is 5.73 Å². The second kappa shape index (κ2) is 7.50. The number of hydrogen-bond acceptors (Lipinski definition) is 4. The van der Waals surface area contributed by atoms with Crippen LogP contribution in [0, 0.1) is 23.2 Å². The van der Waals surface area contributed by atoms with E-state index >= 15 is 0 Å². The summed E-state index contributed by atoms with van der Waals surface area (Å²) in [5.41, 5.74) is 5.92. The molecule has 0 bridgehead atoms. The summed E-state index contributed by atoms with van der Waals surface area (Å²) in [4.78, 5) is 14.6. The molecule has 1 aromatic rings. The Balaban J connectivity index is 2.76. The quantitative estimate of drug-likeness (QED) is 0.834. The van der Waals surface area contributed by atoms with E-state index in [1.165, 1.54) is 11.3 Å². The second-order valence-electron chi connectivity index (χ2n) is 3.50. The zero-order chi connectivity index (χ0) is 13.4. The summed E-state index contributed by atoms with van der Waals surface area (Å²) in [6, 6.07) is 3.81. The summed E-state index contributed by atoms with van der Waals surface area (Å²) in [5, 5.41) is 10.3. The van der Waals surface area contributed by atoms with Gasteiger partial charge in [0.15, 0.2) is 0 Å². The fraction of sp³-hybridized carbons (Fsp3) is 0.385. The van der Waals surface area contributed by atoms with Gasteiger partial charge in [-0.1, -0.05) is 11.8 Å². The second-order valence-corrected chi connectivity index (χ2v) is 4.41. The normalized spacial score (nSPS) is 9.17. The number of amides is 1. The van der Waals surface area contributed by atoms with Gasteiger partial charge in [0.1, 0.15) is 0 Å². The van der Waals surface area contributed by atoms with Crippen molar-refractivity contribution in [3.8, 4) is 17.9 Å². The monoisotopic (exact) mass is 261 g/mol. The lowest BCUT2D eigenvalue weighted by molar-refractivity contribution is 0.0768. The Kier molecular flexibility index (Phi) is 5.93.